The van der Waals surface area contributed by atoms with E-state index in [9.17, 15) is 19.2 Å². The maximum atomic E-state index is 13.2. The van der Waals surface area contributed by atoms with Gasteiger partial charge in [-0.1, -0.05) is 107 Å². The molecule has 4 heterocycles. The average Bonchev–Trinajstić information content (AvgIpc) is 3.74. The smallest absolute Gasteiger partial charge is 0.244 e. The Balaban J connectivity index is 0.000000280. The van der Waals surface area contributed by atoms with Crippen LogP contribution in [0.3, 0.4) is 0 Å². The van der Waals surface area contributed by atoms with Gasteiger partial charge in [0, 0.05) is 84.8 Å². The molecule has 2 aromatic carbocycles. The lowest BCUT2D eigenvalue weighted by molar-refractivity contribution is -0.378. The number of pyridine rings is 2. The second kappa shape index (κ2) is 26.1. The number of nitrogens with one attached hydrogen (secondary N) is 3. The first kappa shape index (κ1) is 52.4. The number of hydrogen-bond donors (Lipinski definition) is 2. The van der Waals surface area contributed by atoms with Crippen LogP contribution in [0.25, 0.3) is 12.2 Å². The summed E-state index contributed by atoms with van der Waals surface area (Å²) in [5.41, 5.74) is 4.78. The molecule has 0 spiro atoms. The third-order valence-corrected chi connectivity index (χ3v) is 25.6. The van der Waals surface area contributed by atoms with E-state index in [1.807, 2.05) is 42.7 Å². The van der Waals surface area contributed by atoms with E-state index in [0.29, 0.717) is 37.3 Å². The number of nitrogens with zero attached hydrogens (tertiary/aromatic N) is 3. The molecule has 2 atom stereocenters. The molecule has 2 aliphatic rings. The van der Waals surface area contributed by atoms with E-state index in [1.54, 1.807) is 30.6 Å². The van der Waals surface area contributed by atoms with E-state index in [1.165, 1.54) is 40.6 Å². The van der Waals surface area contributed by atoms with Gasteiger partial charge in [0.2, 0.25) is 23.6 Å². The second-order valence-electron chi connectivity index (χ2n) is 17.1. The Kier molecular flexibility index (Phi) is 21.1. The van der Waals surface area contributed by atoms with Crippen LogP contribution >= 0.6 is 0 Å². The summed E-state index contributed by atoms with van der Waals surface area (Å²) in [4.78, 5) is 61.4. The molecule has 4 amide bonds. The van der Waals surface area contributed by atoms with Gasteiger partial charge < -0.3 is 32.8 Å². The van der Waals surface area contributed by atoms with Gasteiger partial charge in [0.25, 0.3) is 0 Å². The molecule has 4 aromatic rings. The van der Waals surface area contributed by atoms with E-state index >= 15 is 0 Å². The minimum Gasteiger partial charge on any atom is -1.00 e. The van der Waals surface area contributed by atoms with Gasteiger partial charge in [0.15, 0.2) is 12.4 Å². The van der Waals surface area contributed by atoms with Crippen LogP contribution in [0, 0.1) is 0 Å². The van der Waals surface area contributed by atoms with Crippen molar-refractivity contribution in [3.05, 3.63) is 121 Å². The third-order valence-electron chi connectivity index (χ3n) is 13.8. The van der Waals surface area contributed by atoms with E-state index in [0.717, 1.165) is 61.0 Å². The maximum Gasteiger partial charge on any atom is 0.244 e. The summed E-state index contributed by atoms with van der Waals surface area (Å²) in [6.45, 7) is 14.9. The summed E-state index contributed by atoms with van der Waals surface area (Å²) >= 11 is 0. The van der Waals surface area contributed by atoms with E-state index in [2.05, 4.69) is 114 Å². The van der Waals surface area contributed by atoms with Gasteiger partial charge in [-0.15, -0.1) is 0 Å². The molecule has 0 aliphatic carbocycles. The predicted octanol–water partition coefficient (Wildman–Crippen LogP) is 5.31. The van der Waals surface area contributed by atoms with E-state index < -0.39 is 16.1 Å². The lowest BCUT2D eigenvalue weighted by Gasteiger charge is -2.33. The number of rotatable bonds is 20. The third kappa shape index (κ3) is 13.0. The Hall–Kier alpha value is -5.18. The van der Waals surface area contributed by atoms with Crippen LogP contribution in [0.4, 0.5) is 11.4 Å². The number of para-hydroxylation sites is 2. The van der Waals surface area contributed by atoms with Crippen LogP contribution < -0.4 is 48.2 Å². The molecule has 0 saturated heterocycles. The molecule has 0 bridgehead atoms. The largest absolute Gasteiger partial charge is 1.00 e. The second-order valence-corrected chi connectivity index (χ2v) is 27.3. The summed E-state index contributed by atoms with van der Waals surface area (Å²) in [5.74, 6) is 0.290. The highest BCUT2D eigenvalue weighted by Gasteiger charge is 2.51. The normalized spacial score (nSPS) is 16.6. The Bertz CT molecular complexity index is 2040. The molecular formula is C52H71ClN6O4Si2. The van der Waals surface area contributed by atoms with Crippen LogP contribution in [-0.4, -0.2) is 69.2 Å². The van der Waals surface area contributed by atoms with E-state index in [-0.39, 0.29) is 36.0 Å². The van der Waals surface area contributed by atoms with Gasteiger partial charge in [-0.3, -0.25) is 24.2 Å². The van der Waals surface area contributed by atoms with Crippen LogP contribution in [0.5, 0.6) is 0 Å². The highest BCUT2D eigenvalue weighted by molar-refractivity contribution is 6.96. The Morgan fingerprint density at radius 3 is 1.51 bits per heavy atom. The number of carbonyl (C=O) groups is 4. The van der Waals surface area contributed by atoms with Crippen molar-refractivity contribution in [2.24, 2.45) is 0 Å². The number of aromatic amines is 1. The molecular weight excluding hydrogens is 864 g/mol. The van der Waals surface area contributed by atoms with Gasteiger partial charge in [0.1, 0.15) is 16.1 Å². The van der Waals surface area contributed by atoms with Gasteiger partial charge in [-0.2, -0.15) is 0 Å². The van der Waals surface area contributed by atoms with E-state index in [4.69, 9.17) is 0 Å². The van der Waals surface area contributed by atoms with Crippen LogP contribution in [0.15, 0.2) is 110 Å². The fourth-order valence-corrected chi connectivity index (χ4v) is 19.6. The number of fused-ring (bicyclic) bond motifs is 2. The lowest BCUT2D eigenvalue weighted by atomic mass is 10.1. The zero-order chi connectivity index (χ0) is 46.0. The number of benzene rings is 2. The number of carbonyl (C=O) groups excluding carboxylic acids is 4. The topological polar surface area (TPSA) is 126 Å². The van der Waals surface area contributed by atoms with Crippen molar-refractivity contribution in [3.8, 4) is 0 Å². The quantitative estimate of drug-likeness (QED) is 0.0707. The van der Waals surface area contributed by atoms with Gasteiger partial charge in [0.05, 0.1) is 0 Å². The fraction of sp³-hybridized carbons (Fsp3) is 0.423. The summed E-state index contributed by atoms with van der Waals surface area (Å²) < 4.78 is 0. The first-order valence-corrected chi connectivity index (χ1v) is 28.7. The monoisotopic (exact) mass is 934 g/mol. The minimum absolute atomic E-state index is 0. The molecule has 0 radical (unpaired) electrons. The van der Waals surface area contributed by atoms with Crippen LogP contribution in [0.2, 0.25) is 24.2 Å². The number of amides is 4. The highest BCUT2D eigenvalue weighted by atomic mass is 35.5. The molecule has 65 heavy (non-hydrogen) atoms. The van der Waals surface area contributed by atoms with Crippen molar-refractivity contribution in [1.29, 1.82) is 0 Å². The number of aromatic nitrogens is 2. The molecule has 13 heteroatoms. The Labute approximate surface area is 396 Å². The van der Waals surface area contributed by atoms with Crippen molar-refractivity contribution < 1.29 is 36.6 Å². The molecule has 348 valence electrons. The van der Waals surface area contributed by atoms with Gasteiger partial charge in [-0.25, -0.2) is 4.98 Å². The molecule has 3 N–H and O–H groups in total. The Morgan fingerprint density at radius 2 is 1.08 bits per heavy atom. The molecule has 10 nitrogen and oxygen atoms in total. The highest BCUT2D eigenvalue weighted by Crippen LogP contribution is 2.38. The predicted molar refractivity (Wildman–Crippen MR) is 268 cm³/mol. The number of H-pyrrole nitrogens is 1. The first-order chi connectivity index (χ1) is 31.1. The maximum absolute atomic E-state index is 13.2. The molecule has 2 aliphatic heterocycles. The Morgan fingerprint density at radius 1 is 0.615 bits per heavy atom. The SMILES string of the molecule is CC[Si]1(CC)c2ccccc2N(C(=O)CCCCCNC(=O)/C=C/c2ccc[nH+]c2)C1C.CC[Si]1(CC)c2ccccc2N(C(=O)CCCCCNC(=O)/C=C/c2cccnc2)C1C.[Cl-]. The molecule has 2 unspecified atom stereocenters. The first-order valence-electron chi connectivity index (χ1n) is 23.7. The zero-order valence-corrected chi connectivity index (χ0v) is 42.2. The average molecular weight is 936 g/mol. The molecule has 6 rings (SSSR count). The van der Waals surface area contributed by atoms with Crippen molar-refractivity contribution in [2.75, 3.05) is 22.9 Å². The minimum atomic E-state index is -1.69. The number of hydrogen-bond acceptors (Lipinski definition) is 5. The number of anilines is 2. The van der Waals surface area contributed by atoms with Crippen LogP contribution in [0.1, 0.15) is 104 Å². The standard InChI is InChI=1S/2C26H35N3O2Si.ClH/c2*1-4-32(5-2)21(3)29(23-13-8-9-14-24(23)32)26(31)15-7-6-10-19-28-25(30)17-16-22-12-11-18-27-20-22;/h2*8-9,11-14,16-18,20-21H,4-7,10,15,19H2,1-3H3,(H,28,30);1H/b2*17-16+;. The summed E-state index contributed by atoms with van der Waals surface area (Å²) in [6, 6.07) is 29.3. The number of unbranched alkanes of at least 4 members (excludes halogenated alkanes) is 4. The zero-order valence-electron chi connectivity index (χ0n) is 39.5. The van der Waals surface area contributed by atoms with Crippen molar-refractivity contribution in [2.45, 2.75) is 128 Å². The van der Waals surface area contributed by atoms with Gasteiger partial charge >= 0.3 is 0 Å². The van der Waals surface area contributed by atoms with Crippen molar-refractivity contribution in [3.63, 3.8) is 0 Å². The van der Waals surface area contributed by atoms with Crippen molar-refractivity contribution >= 4 is 73.7 Å². The summed E-state index contributed by atoms with van der Waals surface area (Å²) in [6.07, 6.45) is 20.1. The summed E-state index contributed by atoms with van der Waals surface area (Å²) in [7, 11) is -3.37. The summed E-state index contributed by atoms with van der Waals surface area (Å²) in [5, 5.41) is 8.73. The van der Waals surface area contributed by atoms with Crippen molar-refractivity contribution in [1.82, 2.24) is 15.6 Å². The van der Waals surface area contributed by atoms with Crippen LogP contribution in [-0.2, 0) is 19.2 Å². The molecule has 2 aromatic heterocycles. The molecule has 0 saturated carbocycles. The molecule has 0 fully saturated rings. The number of halogens is 1. The fourth-order valence-electron chi connectivity index (χ4n) is 9.98. The lowest BCUT2D eigenvalue weighted by Crippen LogP contribution is -3.00. The van der Waals surface area contributed by atoms with Gasteiger partial charge in [-0.05, 0) is 91.9 Å².